The Morgan fingerprint density at radius 2 is 2.21 bits per heavy atom. The third kappa shape index (κ3) is 3.47. The molecule has 0 saturated carbocycles. The molecule has 1 heterocycles. The van der Waals surface area contributed by atoms with Gasteiger partial charge >= 0.3 is 0 Å². The smallest absolute Gasteiger partial charge is 0.0212 e. The van der Waals surface area contributed by atoms with Crippen LogP contribution in [0.1, 0.15) is 47.0 Å². The summed E-state index contributed by atoms with van der Waals surface area (Å²) in [6, 6.07) is 1.39. The van der Waals surface area contributed by atoms with E-state index in [9.17, 15) is 0 Å². The summed E-state index contributed by atoms with van der Waals surface area (Å²) in [6.07, 6.45) is 3.94. The van der Waals surface area contributed by atoms with Crippen molar-refractivity contribution in [3.05, 3.63) is 0 Å². The topological polar surface area (TPSA) is 12.0 Å². The first kappa shape index (κ1) is 12.4. The van der Waals surface area contributed by atoms with Gasteiger partial charge in [-0.05, 0) is 30.9 Å². The molecule has 1 saturated heterocycles. The van der Waals surface area contributed by atoms with Crippen molar-refractivity contribution in [2.24, 2.45) is 5.41 Å². The van der Waals surface area contributed by atoms with Gasteiger partial charge in [0.15, 0.2) is 0 Å². The first-order valence-corrected chi connectivity index (χ1v) is 7.05. The Balaban J connectivity index is 2.41. The molecule has 1 aliphatic rings. The molecule has 0 radical (unpaired) electrons. The second-order valence-electron chi connectivity index (χ2n) is 5.22. The van der Waals surface area contributed by atoms with Gasteiger partial charge in [-0.1, -0.05) is 27.2 Å². The van der Waals surface area contributed by atoms with E-state index in [0.717, 1.165) is 0 Å². The molecule has 14 heavy (non-hydrogen) atoms. The van der Waals surface area contributed by atoms with Crippen molar-refractivity contribution in [3.8, 4) is 0 Å². The van der Waals surface area contributed by atoms with Gasteiger partial charge in [-0.2, -0.15) is 11.8 Å². The van der Waals surface area contributed by atoms with Crippen LogP contribution in [0.15, 0.2) is 0 Å². The Morgan fingerprint density at radius 3 is 2.79 bits per heavy atom. The summed E-state index contributed by atoms with van der Waals surface area (Å²) in [4.78, 5) is 0. The van der Waals surface area contributed by atoms with Crippen molar-refractivity contribution < 1.29 is 0 Å². The minimum absolute atomic E-state index is 0.493. The highest BCUT2D eigenvalue weighted by Crippen LogP contribution is 2.34. The summed E-state index contributed by atoms with van der Waals surface area (Å²) in [5, 5.41) is 3.79. The number of hydrogen-bond donors (Lipinski definition) is 1. The summed E-state index contributed by atoms with van der Waals surface area (Å²) in [6.45, 7) is 9.39. The second-order valence-corrected chi connectivity index (χ2v) is 6.37. The van der Waals surface area contributed by atoms with E-state index in [2.05, 4.69) is 44.8 Å². The van der Waals surface area contributed by atoms with Crippen LogP contribution in [0.2, 0.25) is 0 Å². The Hall–Kier alpha value is 0.310. The largest absolute Gasteiger partial charge is 0.310 e. The molecule has 2 unspecified atom stereocenters. The molecule has 0 aromatic rings. The molecule has 1 aliphatic heterocycles. The van der Waals surface area contributed by atoms with Crippen LogP contribution in [-0.2, 0) is 0 Å². The fraction of sp³-hybridized carbons (Fsp3) is 1.00. The normalized spacial score (nSPS) is 28.7. The molecule has 0 aromatic carbocycles. The third-order valence-corrected chi connectivity index (χ3v) is 4.39. The minimum Gasteiger partial charge on any atom is -0.310 e. The molecule has 1 nitrogen and oxygen atoms in total. The van der Waals surface area contributed by atoms with E-state index < -0.39 is 0 Å². The van der Waals surface area contributed by atoms with Crippen molar-refractivity contribution in [3.63, 3.8) is 0 Å². The van der Waals surface area contributed by atoms with Crippen LogP contribution in [0.25, 0.3) is 0 Å². The molecule has 0 spiro atoms. The molecule has 1 N–H and O–H groups in total. The summed E-state index contributed by atoms with van der Waals surface area (Å²) in [7, 11) is 0. The van der Waals surface area contributed by atoms with Gasteiger partial charge < -0.3 is 5.32 Å². The number of nitrogens with one attached hydrogen (secondary N) is 1. The maximum Gasteiger partial charge on any atom is 0.0212 e. The van der Waals surface area contributed by atoms with Crippen molar-refractivity contribution in [2.75, 3.05) is 11.5 Å². The molecule has 1 rings (SSSR count). The molecular weight excluding hydrogens is 190 g/mol. The first-order chi connectivity index (χ1) is 6.56. The molecular formula is C12H25NS. The standard InChI is InChI=1S/C12H25NS/c1-5-6-10(2)13-11-9-14-8-7-12(11,3)4/h10-11,13H,5-9H2,1-4H3. The van der Waals surface area contributed by atoms with Gasteiger partial charge in [0.1, 0.15) is 0 Å². The lowest BCUT2D eigenvalue weighted by Crippen LogP contribution is -2.49. The molecule has 1 fully saturated rings. The van der Waals surface area contributed by atoms with Crippen LogP contribution in [-0.4, -0.2) is 23.6 Å². The van der Waals surface area contributed by atoms with Gasteiger partial charge in [0.2, 0.25) is 0 Å². The average molecular weight is 215 g/mol. The first-order valence-electron chi connectivity index (χ1n) is 5.90. The van der Waals surface area contributed by atoms with Crippen LogP contribution < -0.4 is 5.32 Å². The lowest BCUT2D eigenvalue weighted by molar-refractivity contribution is 0.228. The maximum absolute atomic E-state index is 3.79. The quantitative estimate of drug-likeness (QED) is 0.772. The van der Waals surface area contributed by atoms with Crippen molar-refractivity contribution >= 4 is 11.8 Å². The summed E-state index contributed by atoms with van der Waals surface area (Å²) in [5.74, 6) is 2.63. The van der Waals surface area contributed by atoms with Crippen molar-refractivity contribution in [1.82, 2.24) is 5.32 Å². The third-order valence-electron chi connectivity index (χ3n) is 3.33. The van der Waals surface area contributed by atoms with Crippen LogP contribution in [0.3, 0.4) is 0 Å². The fourth-order valence-corrected chi connectivity index (χ4v) is 3.69. The minimum atomic E-state index is 0.493. The average Bonchev–Trinajstić information content (AvgIpc) is 2.09. The van der Waals surface area contributed by atoms with Crippen molar-refractivity contribution in [1.29, 1.82) is 0 Å². The molecule has 2 atom stereocenters. The van der Waals surface area contributed by atoms with Crippen LogP contribution in [0.4, 0.5) is 0 Å². The summed E-state index contributed by atoms with van der Waals surface area (Å²) >= 11 is 2.10. The van der Waals surface area contributed by atoms with Gasteiger partial charge in [0, 0.05) is 17.8 Å². The SMILES string of the molecule is CCCC(C)NC1CSCCC1(C)C. The van der Waals surface area contributed by atoms with Gasteiger partial charge in [0.25, 0.3) is 0 Å². The molecule has 0 amide bonds. The van der Waals surface area contributed by atoms with Crippen LogP contribution in [0.5, 0.6) is 0 Å². The van der Waals surface area contributed by atoms with Crippen LogP contribution >= 0.6 is 11.8 Å². The van der Waals surface area contributed by atoms with Gasteiger partial charge in [-0.25, -0.2) is 0 Å². The van der Waals surface area contributed by atoms with E-state index >= 15 is 0 Å². The van der Waals surface area contributed by atoms with E-state index in [1.165, 1.54) is 30.8 Å². The van der Waals surface area contributed by atoms with E-state index in [1.54, 1.807) is 0 Å². The highest BCUT2D eigenvalue weighted by atomic mass is 32.2. The van der Waals surface area contributed by atoms with E-state index in [-0.39, 0.29) is 0 Å². The highest BCUT2D eigenvalue weighted by molar-refractivity contribution is 7.99. The highest BCUT2D eigenvalue weighted by Gasteiger charge is 2.32. The zero-order chi connectivity index (χ0) is 10.6. The maximum atomic E-state index is 3.79. The molecule has 0 bridgehead atoms. The van der Waals surface area contributed by atoms with Crippen LogP contribution in [0, 0.1) is 5.41 Å². The molecule has 84 valence electrons. The van der Waals surface area contributed by atoms with Crippen molar-refractivity contribution in [2.45, 2.75) is 59.0 Å². The summed E-state index contributed by atoms with van der Waals surface area (Å²) in [5.41, 5.74) is 0.493. The lowest BCUT2D eigenvalue weighted by Gasteiger charge is -2.40. The molecule has 0 aliphatic carbocycles. The van der Waals surface area contributed by atoms with E-state index in [1.807, 2.05) is 0 Å². The van der Waals surface area contributed by atoms with E-state index in [0.29, 0.717) is 17.5 Å². The Labute approximate surface area is 93.4 Å². The number of thioether (sulfide) groups is 1. The zero-order valence-corrected chi connectivity index (χ0v) is 10.9. The Bertz CT molecular complexity index is 168. The van der Waals surface area contributed by atoms with Gasteiger partial charge in [-0.3, -0.25) is 0 Å². The lowest BCUT2D eigenvalue weighted by atomic mass is 9.82. The predicted molar refractivity (Wildman–Crippen MR) is 67.0 cm³/mol. The molecule has 0 aromatic heterocycles. The second kappa shape index (κ2) is 5.41. The monoisotopic (exact) mass is 215 g/mol. The zero-order valence-electron chi connectivity index (χ0n) is 10.1. The number of rotatable bonds is 4. The van der Waals surface area contributed by atoms with Gasteiger partial charge in [-0.15, -0.1) is 0 Å². The summed E-state index contributed by atoms with van der Waals surface area (Å²) < 4.78 is 0. The predicted octanol–water partition coefficient (Wildman–Crippen LogP) is 3.30. The Kier molecular flexibility index (Phi) is 4.78. The molecule has 2 heteroatoms. The Morgan fingerprint density at radius 1 is 1.50 bits per heavy atom. The number of hydrogen-bond acceptors (Lipinski definition) is 2. The van der Waals surface area contributed by atoms with Gasteiger partial charge in [0.05, 0.1) is 0 Å². The van der Waals surface area contributed by atoms with E-state index in [4.69, 9.17) is 0 Å². The fourth-order valence-electron chi connectivity index (χ4n) is 2.07.